The predicted octanol–water partition coefficient (Wildman–Crippen LogP) is 1.03. The van der Waals surface area contributed by atoms with Gasteiger partial charge in [0.25, 0.3) is 0 Å². The van der Waals surface area contributed by atoms with Gasteiger partial charge in [0.2, 0.25) is 10.0 Å². The molecular weight excluding hydrogens is 276 g/mol. The molecule has 0 spiro atoms. The van der Waals surface area contributed by atoms with E-state index in [1.807, 2.05) is 30.3 Å². The van der Waals surface area contributed by atoms with E-state index < -0.39 is 10.0 Å². The molecule has 0 unspecified atom stereocenters. The van der Waals surface area contributed by atoms with Crippen molar-refractivity contribution in [1.82, 2.24) is 9.21 Å². The Balaban J connectivity index is 1.75. The zero-order chi connectivity index (χ0) is 14.4. The number of nitrogens with zero attached hydrogens (tertiary/aromatic N) is 2. The van der Waals surface area contributed by atoms with Gasteiger partial charge >= 0.3 is 0 Å². The van der Waals surface area contributed by atoms with Gasteiger partial charge in [0, 0.05) is 26.2 Å². The summed E-state index contributed by atoms with van der Waals surface area (Å²) >= 11 is 0. The van der Waals surface area contributed by atoms with Gasteiger partial charge in [0.15, 0.2) is 0 Å². The lowest BCUT2D eigenvalue weighted by molar-refractivity contribution is 0.215. The Morgan fingerprint density at radius 3 is 2.55 bits per heavy atom. The van der Waals surface area contributed by atoms with Crippen molar-refractivity contribution in [2.45, 2.75) is 6.42 Å². The third-order valence-electron chi connectivity index (χ3n) is 3.44. The van der Waals surface area contributed by atoms with Crippen LogP contribution in [0, 0.1) is 0 Å². The summed E-state index contributed by atoms with van der Waals surface area (Å²) in [4.78, 5) is 2.26. The van der Waals surface area contributed by atoms with E-state index in [9.17, 15) is 8.42 Å². The van der Waals surface area contributed by atoms with E-state index in [1.165, 1.54) is 6.26 Å². The Hall–Kier alpha value is -1.11. The number of sulfonamides is 1. The minimum absolute atomic E-state index is 0.574. The molecule has 1 aliphatic heterocycles. The summed E-state index contributed by atoms with van der Waals surface area (Å²) in [6.07, 6.45) is 2.15. The smallest absolute Gasteiger partial charge is 0.211 e. The molecule has 0 N–H and O–H groups in total. The molecule has 1 aromatic rings. The summed E-state index contributed by atoms with van der Waals surface area (Å²) in [5.41, 5.74) is 0. The van der Waals surface area contributed by atoms with Gasteiger partial charge in [-0.25, -0.2) is 12.7 Å². The summed E-state index contributed by atoms with van der Waals surface area (Å²) in [7, 11) is -3.06. The molecule has 0 amide bonds. The van der Waals surface area contributed by atoms with E-state index in [0.29, 0.717) is 19.7 Å². The molecule has 1 heterocycles. The highest BCUT2D eigenvalue weighted by atomic mass is 32.2. The zero-order valence-electron chi connectivity index (χ0n) is 11.9. The monoisotopic (exact) mass is 298 g/mol. The molecule has 20 heavy (non-hydrogen) atoms. The summed E-state index contributed by atoms with van der Waals surface area (Å²) in [5, 5.41) is 0. The lowest BCUT2D eigenvalue weighted by Crippen LogP contribution is -2.35. The van der Waals surface area contributed by atoms with Crippen LogP contribution < -0.4 is 4.74 Å². The number of ether oxygens (including phenoxy) is 1. The van der Waals surface area contributed by atoms with Crippen LogP contribution in [-0.4, -0.2) is 63.2 Å². The van der Waals surface area contributed by atoms with Crippen molar-refractivity contribution in [1.29, 1.82) is 0 Å². The summed E-state index contributed by atoms with van der Waals surface area (Å²) in [5.74, 6) is 0.875. The van der Waals surface area contributed by atoms with Crippen molar-refractivity contribution >= 4 is 10.0 Å². The second-order valence-electron chi connectivity index (χ2n) is 5.02. The topological polar surface area (TPSA) is 49.9 Å². The fraction of sp³-hybridized carbons (Fsp3) is 0.571. The zero-order valence-corrected chi connectivity index (χ0v) is 12.7. The van der Waals surface area contributed by atoms with Crippen LogP contribution in [0.2, 0.25) is 0 Å². The van der Waals surface area contributed by atoms with Crippen molar-refractivity contribution < 1.29 is 13.2 Å². The normalized spacial score (nSPS) is 18.6. The molecule has 0 atom stereocenters. The first-order valence-electron chi connectivity index (χ1n) is 6.91. The highest BCUT2D eigenvalue weighted by Crippen LogP contribution is 2.09. The molecule has 2 rings (SSSR count). The molecule has 1 aromatic carbocycles. The number of benzene rings is 1. The summed E-state index contributed by atoms with van der Waals surface area (Å²) in [6.45, 7) is 4.34. The average molecular weight is 298 g/mol. The second-order valence-corrected chi connectivity index (χ2v) is 7.00. The van der Waals surface area contributed by atoms with E-state index in [2.05, 4.69) is 4.90 Å². The van der Waals surface area contributed by atoms with Crippen molar-refractivity contribution in [3.63, 3.8) is 0 Å². The van der Waals surface area contributed by atoms with Crippen LogP contribution in [0.25, 0.3) is 0 Å². The van der Waals surface area contributed by atoms with E-state index in [0.717, 1.165) is 31.8 Å². The van der Waals surface area contributed by atoms with Crippen LogP contribution in [0.5, 0.6) is 5.75 Å². The van der Waals surface area contributed by atoms with Gasteiger partial charge in [-0.05, 0) is 25.1 Å². The molecule has 6 heteroatoms. The Morgan fingerprint density at radius 1 is 1.10 bits per heavy atom. The van der Waals surface area contributed by atoms with Gasteiger partial charge in [-0.15, -0.1) is 0 Å². The maximum absolute atomic E-state index is 11.5. The lowest BCUT2D eigenvalue weighted by atomic mass is 10.3. The first-order chi connectivity index (χ1) is 9.55. The van der Waals surface area contributed by atoms with Gasteiger partial charge in [0.05, 0.1) is 6.26 Å². The standard InChI is InChI=1S/C14H22N2O3S/c1-20(17,18)16-9-5-8-15(10-11-16)12-13-19-14-6-3-2-4-7-14/h2-4,6-7H,5,8-13H2,1H3. The molecule has 1 saturated heterocycles. The van der Waals surface area contributed by atoms with Gasteiger partial charge < -0.3 is 4.74 Å². The molecule has 0 bridgehead atoms. The molecule has 0 radical (unpaired) electrons. The van der Waals surface area contributed by atoms with Crippen molar-refractivity contribution in [2.24, 2.45) is 0 Å². The number of para-hydroxylation sites is 1. The number of rotatable bonds is 5. The van der Waals surface area contributed by atoms with Gasteiger partial charge in [-0.2, -0.15) is 0 Å². The summed E-state index contributed by atoms with van der Waals surface area (Å²) in [6, 6.07) is 9.74. The van der Waals surface area contributed by atoms with Crippen molar-refractivity contribution in [3.05, 3.63) is 30.3 Å². The van der Waals surface area contributed by atoms with Crippen LogP contribution in [0.1, 0.15) is 6.42 Å². The molecule has 5 nitrogen and oxygen atoms in total. The Morgan fingerprint density at radius 2 is 1.85 bits per heavy atom. The average Bonchev–Trinajstić information content (AvgIpc) is 2.65. The minimum atomic E-state index is -3.06. The molecule has 0 aromatic heterocycles. The molecular formula is C14H22N2O3S. The lowest BCUT2D eigenvalue weighted by Gasteiger charge is -2.20. The van der Waals surface area contributed by atoms with Crippen LogP contribution in [-0.2, 0) is 10.0 Å². The van der Waals surface area contributed by atoms with Crippen LogP contribution in [0.3, 0.4) is 0 Å². The fourth-order valence-electron chi connectivity index (χ4n) is 2.31. The van der Waals surface area contributed by atoms with Crippen LogP contribution >= 0.6 is 0 Å². The van der Waals surface area contributed by atoms with Crippen LogP contribution in [0.4, 0.5) is 0 Å². The Bertz CT molecular complexity index is 504. The number of hydrogen-bond acceptors (Lipinski definition) is 4. The quantitative estimate of drug-likeness (QED) is 0.815. The summed E-state index contributed by atoms with van der Waals surface area (Å²) < 4.78 is 30.3. The van der Waals surface area contributed by atoms with Gasteiger partial charge in [-0.3, -0.25) is 4.90 Å². The second kappa shape index (κ2) is 7.06. The predicted molar refractivity (Wildman–Crippen MR) is 79.4 cm³/mol. The van der Waals surface area contributed by atoms with Crippen molar-refractivity contribution in [2.75, 3.05) is 45.6 Å². The highest BCUT2D eigenvalue weighted by Gasteiger charge is 2.20. The largest absolute Gasteiger partial charge is 0.492 e. The van der Waals surface area contributed by atoms with E-state index in [4.69, 9.17) is 4.74 Å². The first kappa shape index (κ1) is 15.3. The third-order valence-corrected chi connectivity index (χ3v) is 4.74. The van der Waals surface area contributed by atoms with E-state index in [1.54, 1.807) is 4.31 Å². The fourth-order valence-corrected chi connectivity index (χ4v) is 3.19. The SMILES string of the molecule is CS(=O)(=O)N1CCCN(CCOc2ccccc2)CC1. The molecule has 1 fully saturated rings. The Kier molecular flexibility index (Phi) is 5.39. The van der Waals surface area contributed by atoms with Crippen LogP contribution in [0.15, 0.2) is 30.3 Å². The third kappa shape index (κ3) is 4.77. The van der Waals surface area contributed by atoms with Crippen molar-refractivity contribution in [3.8, 4) is 5.75 Å². The first-order valence-corrected chi connectivity index (χ1v) is 8.76. The highest BCUT2D eigenvalue weighted by molar-refractivity contribution is 7.88. The maximum Gasteiger partial charge on any atom is 0.211 e. The minimum Gasteiger partial charge on any atom is -0.492 e. The molecule has 0 saturated carbocycles. The van der Waals surface area contributed by atoms with Gasteiger partial charge in [-0.1, -0.05) is 18.2 Å². The molecule has 1 aliphatic rings. The molecule has 112 valence electrons. The maximum atomic E-state index is 11.5. The Labute approximate surface area is 121 Å². The number of hydrogen-bond donors (Lipinski definition) is 0. The van der Waals surface area contributed by atoms with E-state index >= 15 is 0 Å². The molecule has 0 aliphatic carbocycles. The van der Waals surface area contributed by atoms with Gasteiger partial charge in [0.1, 0.15) is 12.4 Å². The van der Waals surface area contributed by atoms with E-state index in [-0.39, 0.29) is 0 Å².